The summed E-state index contributed by atoms with van der Waals surface area (Å²) in [6.07, 6.45) is 6.58. The third-order valence-electron chi connectivity index (χ3n) is 5.01. The smallest absolute Gasteiger partial charge is 0.244 e. The molecule has 0 aliphatic carbocycles. The van der Waals surface area contributed by atoms with Gasteiger partial charge < -0.3 is 14.5 Å². The fourth-order valence-electron chi connectivity index (χ4n) is 3.40. The van der Waals surface area contributed by atoms with Crippen LogP contribution in [0.1, 0.15) is 18.1 Å². The monoisotopic (exact) mass is 416 g/mol. The van der Waals surface area contributed by atoms with Crippen LogP contribution in [0.5, 0.6) is 5.75 Å². The average Bonchev–Trinajstić information content (AvgIpc) is 3.21. The lowest BCUT2D eigenvalue weighted by Crippen LogP contribution is -2.20. The largest absolute Gasteiger partial charge is 0.496 e. The Bertz CT molecular complexity index is 1250. The first kappa shape index (κ1) is 20.3. The van der Waals surface area contributed by atoms with Crippen molar-refractivity contribution in [3.8, 4) is 16.9 Å². The first-order valence-corrected chi connectivity index (χ1v) is 9.75. The molecule has 1 N–H and O–H groups in total. The lowest BCUT2D eigenvalue weighted by Gasteiger charge is -2.10. The predicted octanol–water partition coefficient (Wildman–Crippen LogP) is 5.36. The van der Waals surface area contributed by atoms with E-state index in [-0.39, 0.29) is 11.7 Å². The van der Waals surface area contributed by atoms with Gasteiger partial charge in [-0.1, -0.05) is 18.2 Å². The zero-order valence-electron chi connectivity index (χ0n) is 17.2. The second kappa shape index (κ2) is 8.83. The number of ether oxygens (including phenoxy) is 1. The Labute approximate surface area is 179 Å². The van der Waals surface area contributed by atoms with E-state index in [9.17, 15) is 9.18 Å². The molecule has 6 heteroatoms. The number of pyridine rings is 1. The summed E-state index contributed by atoms with van der Waals surface area (Å²) in [6, 6.07) is 13.7. The molecule has 0 bridgehead atoms. The van der Waals surface area contributed by atoms with Crippen LogP contribution in [0, 0.1) is 5.82 Å². The highest BCUT2D eigenvalue weighted by Crippen LogP contribution is 2.37. The van der Waals surface area contributed by atoms with E-state index in [1.807, 2.05) is 25.1 Å². The molecule has 31 heavy (non-hydrogen) atoms. The van der Waals surface area contributed by atoms with Crippen molar-refractivity contribution in [1.29, 1.82) is 0 Å². The minimum atomic E-state index is -0.296. The number of allylic oxidation sites excluding steroid dienone is 1. The molecule has 0 spiro atoms. The van der Waals surface area contributed by atoms with Gasteiger partial charge in [0, 0.05) is 47.6 Å². The standard InChI is InChI=1S/C25H21FN2O3/c1-16(10-25(29)28-14-17-4-3-9-27-13-17)20-11-21-22(18-5-7-19(26)8-6-18)15-31-24(21)12-23(20)30-2/h3-13,15H,14H2,1-2H3,(H,28,29)/b16-10+. The van der Waals surface area contributed by atoms with Gasteiger partial charge >= 0.3 is 0 Å². The van der Waals surface area contributed by atoms with Gasteiger partial charge in [-0.2, -0.15) is 0 Å². The Morgan fingerprint density at radius 3 is 2.74 bits per heavy atom. The molecule has 5 nitrogen and oxygen atoms in total. The van der Waals surface area contributed by atoms with E-state index in [1.54, 1.807) is 44.0 Å². The molecule has 2 aromatic heterocycles. The molecular formula is C25H21FN2O3. The van der Waals surface area contributed by atoms with Crippen molar-refractivity contribution < 1.29 is 18.3 Å². The molecule has 0 saturated carbocycles. The van der Waals surface area contributed by atoms with E-state index in [2.05, 4.69) is 10.3 Å². The zero-order valence-corrected chi connectivity index (χ0v) is 17.2. The van der Waals surface area contributed by atoms with Crippen molar-refractivity contribution in [2.75, 3.05) is 7.11 Å². The topological polar surface area (TPSA) is 64.4 Å². The van der Waals surface area contributed by atoms with Crippen LogP contribution in [0.4, 0.5) is 4.39 Å². The maximum atomic E-state index is 13.3. The number of carbonyl (C=O) groups excluding carboxylic acids is 1. The number of nitrogens with zero attached hydrogens (tertiary/aromatic N) is 1. The molecule has 4 rings (SSSR count). The summed E-state index contributed by atoms with van der Waals surface area (Å²) in [5.74, 6) is 0.0887. The predicted molar refractivity (Wildman–Crippen MR) is 118 cm³/mol. The van der Waals surface area contributed by atoms with Crippen LogP contribution in [-0.4, -0.2) is 18.0 Å². The molecule has 0 aliphatic heterocycles. The molecule has 1 amide bonds. The van der Waals surface area contributed by atoms with Crippen molar-refractivity contribution in [1.82, 2.24) is 10.3 Å². The van der Waals surface area contributed by atoms with Crippen molar-refractivity contribution in [2.24, 2.45) is 0 Å². The van der Waals surface area contributed by atoms with Crippen molar-refractivity contribution in [2.45, 2.75) is 13.5 Å². The summed E-state index contributed by atoms with van der Waals surface area (Å²) in [7, 11) is 1.57. The van der Waals surface area contributed by atoms with E-state index in [0.717, 1.165) is 33.2 Å². The van der Waals surface area contributed by atoms with Gasteiger partial charge in [0.1, 0.15) is 17.1 Å². The Kier molecular flexibility index (Phi) is 5.80. The third-order valence-corrected chi connectivity index (χ3v) is 5.01. The van der Waals surface area contributed by atoms with Gasteiger partial charge in [-0.3, -0.25) is 9.78 Å². The number of halogens is 1. The van der Waals surface area contributed by atoms with Crippen LogP contribution in [-0.2, 0) is 11.3 Å². The van der Waals surface area contributed by atoms with E-state index in [0.29, 0.717) is 17.9 Å². The number of methoxy groups -OCH3 is 1. The lowest BCUT2D eigenvalue weighted by atomic mass is 9.99. The number of hydrogen-bond donors (Lipinski definition) is 1. The number of amides is 1. The van der Waals surface area contributed by atoms with E-state index >= 15 is 0 Å². The number of carbonyl (C=O) groups is 1. The fraction of sp³-hybridized carbons (Fsp3) is 0.120. The minimum absolute atomic E-state index is 0.213. The van der Waals surface area contributed by atoms with Crippen LogP contribution >= 0.6 is 0 Å². The Morgan fingerprint density at radius 2 is 2.03 bits per heavy atom. The second-order valence-electron chi connectivity index (χ2n) is 7.11. The Hall–Kier alpha value is -3.93. The summed E-state index contributed by atoms with van der Waals surface area (Å²) < 4.78 is 24.5. The molecule has 0 saturated heterocycles. The molecular weight excluding hydrogens is 395 g/mol. The van der Waals surface area contributed by atoms with E-state index in [1.165, 1.54) is 18.2 Å². The summed E-state index contributed by atoms with van der Waals surface area (Å²) >= 11 is 0. The molecule has 0 fully saturated rings. The maximum Gasteiger partial charge on any atom is 0.244 e. The molecule has 2 aromatic carbocycles. The Balaban J connectivity index is 1.65. The highest BCUT2D eigenvalue weighted by molar-refractivity contribution is 6.00. The number of hydrogen-bond acceptors (Lipinski definition) is 4. The summed E-state index contributed by atoms with van der Waals surface area (Å²) in [6.45, 7) is 2.24. The van der Waals surface area contributed by atoms with Gasteiger partial charge in [0.05, 0.1) is 13.4 Å². The van der Waals surface area contributed by atoms with Gasteiger partial charge in [0.25, 0.3) is 0 Å². The van der Waals surface area contributed by atoms with Crippen molar-refractivity contribution >= 4 is 22.4 Å². The molecule has 0 aliphatic rings. The normalized spacial score (nSPS) is 11.5. The molecule has 0 atom stereocenters. The molecule has 4 aromatic rings. The number of aromatic nitrogens is 1. The zero-order chi connectivity index (χ0) is 21.8. The minimum Gasteiger partial charge on any atom is -0.496 e. The van der Waals surface area contributed by atoms with Crippen LogP contribution in [0.25, 0.3) is 27.7 Å². The molecule has 0 radical (unpaired) electrons. The number of nitrogens with one attached hydrogen (secondary N) is 1. The quantitative estimate of drug-likeness (QED) is 0.430. The van der Waals surface area contributed by atoms with Gasteiger partial charge in [-0.15, -0.1) is 0 Å². The first-order chi connectivity index (χ1) is 15.0. The fourth-order valence-corrected chi connectivity index (χ4v) is 3.40. The molecule has 0 unspecified atom stereocenters. The average molecular weight is 416 g/mol. The lowest BCUT2D eigenvalue weighted by molar-refractivity contribution is -0.116. The molecule has 2 heterocycles. The first-order valence-electron chi connectivity index (χ1n) is 9.75. The van der Waals surface area contributed by atoms with Crippen LogP contribution in [0.2, 0.25) is 0 Å². The highest BCUT2D eigenvalue weighted by Gasteiger charge is 2.15. The van der Waals surface area contributed by atoms with Gasteiger partial charge in [0.15, 0.2) is 0 Å². The third kappa shape index (κ3) is 4.48. The van der Waals surface area contributed by atoms with E-state index in [4.69, 9.17) is 9.15 Å². The SMILES string of the molecule is COc1cc2occ(-c3ccc(F)cc3)c2cc1/C(C)=C/C(=O)NCc1cccnc1. The summed E-state index contributed by atoms with van der Waals surface area (Å²) in [5, 5.41) is 3.71. The number of rotatable bonds is 6. The molecule has 156 valence electrons. The highest BCUT2D eigenvalue weighted by atomic mass is 19.1. The van der Waals surface area contributed by atoms with Crippen LogP contribution in [0.15, 0.2) is 77.7 Å². The van der Waals surface area contributed by atoms with Crippen molar-refractivity contribution in [3.63, 3.8) is 0 Å². The number of furan rings is 1. The van der Waals surface area contributed by atoms with Crippen LogP contribution in [0.3, 0.4) is 0 Å². The van der Waals surface area contributed by atoms with Crippen LogP contribution < -0.4 is 10.1 Å². The number of benzene rings is 2. The second-order valence-corrected chi connectivity index (χ2v) is 7.11. The number of fused-ring (bicyclic) bond motifs is 1. The maximum absolute atomic E-state index is 13.3. The summed E-state index contributed by atoms with van der Waals surface area (Å²) in [5.41, 5.74) is 4.77. The van der Waals surface area contributed by atoms with Gasteiger partial charge in [-0.25, -0.2) is 4.39 Å². The van der Waals surface area contributed by atoms with Gasteiger partial charge in [-0.05, 0) is 47.9 Å². The summed E-state index contributed by atoms with van der Waals surface area (Å²) in [4.78, 5) is 16.5. The van der Waals surface area contributed by atoms with Gasteiger partial charge in [0.2, 0.25) is 5.91 Å². The van der Waals surface area contributed by atoms with E-state index < -0.39 is 0 Å². The Morgan fingerprint density at radius 1 is 1.23 bits per heavy atom. The van der Waals surface area contributed by atoms with Crippen molar-refractivity contribution in [3.05, 3.63) is 90.2 Å².